The molecule has 1 amide bonds. The number of aromatic amines is 1. The summed E-state index contributed by atoms with van der Waals surface area (Å²) in [7, 11) is 1.72. The molecule has 3 heterocycles. The van der Waals surface area contributed by atoms with Crippen LogP contribution in [0.25, 0.3) is 10.9 Å². The number of fused-ring (bicyclic) bond motifs is 1. The van der Waals surface area contributed by atoms with E-state index in [0.717, 1.165) is 29.6 Å². The Bertz CT molecular complexity index is 890. The van der Waals surface area contributed by atoms with Gasteiger partial charge in [0.05, 0.1) is 13.0 Å². The molecule has 0 spiro atoms. The van der Waals surface area contributed by atoms with Crippen LogP contribution in [0.3, 0.4) is 0 Å². The van der Waals surface area contributed by atoms with Crippen molar-refractivity contribution in [1.29, 1.82) is 0 Å². The van der Waals surface area contributed by atoms with Crippen molar-refractivity contribution in [3.05, 3.63) is 66.1 Å². The molecule has 1 aliphatic rings. The topological polar surface area (TPSA) is 58.2 Å². The molecule has 5 nitrogen and oxygen atoms in total. The number of rotatable bonds is 5. The minimum Gasteiger partial charge on any atom is -0.384 e. The number of likely N-dealkylation sites (tertiary alicyclic amines) is 1. The minimum absolute atomic E-state index is 0.174. The zero-order valence-corrected chi connectivity index (χ0v) is 14.9. The van der Waals surface area contributed by atoms with Crippen LogP contribution in [0.1, 0.15) is 17.0 Å². The van der Waals surface area contributed by atoms with Crippen LogP contribution >= 0.6 is 0 Å². The number of carbonyl (C=O) groups excluding carboxylic acids is 1. The Labute approximate surface area is 153 Å². The van der Waals surface area contributed by atoms with Crippen molar-refractivity contribution in [3.8, 4) is 0 Å². The van der Waals surface area contributed by atoms with Gasteiger partial charge >= 0.3 is 0 Å². The van der Waals surface area contributed by atoms with Crippen LogP contribution in [0.15, 0.2) is 55.0 Å². The molecule has 4 rings (SSSR count). The number of H-pyrrole nitrogens is 1. The molecule has 0 aliphatic carbocycles. The number of hydrogen-bond donors (Lipinski definition) is 1. The molecule has 1 aliphatic heterocycles. The molecule has 1 fully saturated rings. The van der Waals surface area contributed by atoms with E-state index in [-0.39, 0.29) is 5.91 Å². The number of carbonyl (C=O) groups is 1. The Hall–Kier alpha value is -2.66. The highest BCUT2D eigenvalue weighted by Gasteiger charge is 2.36. The molecule has 0 radical (unpaired) electrons. The van der Waals surface area contributed by atoms with Crippen LogP contribution in [-0.4, -0.2) is 47.6 Å². The van der Waals surface area contributed by atoms with Gasteiger partial charge in [-0.05, 0) is 29.3 Å². The summed E-state index contributed by atoms with van der Waals surface area (Å²) in [5, 5.41) is 1.12. The van der Waals surface area contributed by atoms with Crippen molar-refractivity contribution in [2.45, 2.75) is 12.3 Å². The van der Waals surface area contributed by atoms with E-state index in [2.05, 4.69) is 16.0 Å². The third-order valence-corrected chi connectivity index (χ3v) is 5.33. The third-order valence-electron chi connectivity index (χ3n) is 5.33. The first-order valence-corrected chi connectivity index (χ1v) is 8.98. The number of nitrogens with one attached hydrogen (secondary N) is 1. The Morgan fingerprint density at radius 1 is 1.23 bits per heavy atom. The molecule has 3 aromatic rings. The van der Waals surface area contributed by atoms with Gasteiger partial charge in [0, 0.05) is 61.5 Å². The molecular weight excluding hydrogens is 326 g/mol. The van der Waals surface area contributed by atoms with Gasteiger partial charge in [-0.3, -0.25) is 9.78 Å². The Morgan fingerprint density at radius 3 is 2.85 bits per heavy atom. The zero-order chi connectivity index (χ0) is 17.9. The molecular formula is C21H23N3O2. The average molecular weight is 349 g/mol. The lowest BCUT2D eigenvalue weighted by Crippen LogP contribution is -2.30. The van der Waals surface area contributed by atoms with Crippen molar-refractivity contribution in [2.75, 3.05) is 26.8 Å². The SMILES string of the molecule is COC[C@@H]1CN(C(=O)Cc2c[nH]c3ccccc23)C[C@H]1c1ccncc1. The predicted octanol–water partition coefficient (Wildman–Crippen LogP) is 2.99. The van der Waals surface area contributed by atoms with E-state index < -0.39 is 0 Å². The maximum atomic E-state index is 12.9. The first-order valence-electron chi connectivity index (χ1n) is 8.98. The molecule has 134 valence electrons. The summed E-state index contributed by atoms with van der Waals surface area (Å²) in [5.41, 5.74) is 3.36. The lowest BCUT2D eigenvalue weighted by atomic mass is 9.90. The molecule has 1 N–H and O–H groups in total. The number of aromatic nitrogens is 2. The summed E-state index contributed by atoms with van der Waals surface area (Å²) in [4.78, 5) is 22.3. The number of methoxy groups -OCH3 is 1. The van der Waals surface area contributed by atoms with Gasteiger partial charge < -0.3 is 14.6 Å². The number of amides is 1. The van der Waals surface area contributed by atoms with E-state index in [1.165, 1.54) is 5.56 Å². The molecule has 0 unspecified atom stereocenters. The molecule has 1 aromatic carbocycles. The fourth-order valence-electron chi connectivity index (χ4n) is 4.00. The summed E-state index contributed by atoms with van der Waals surface area (Å²) < 4.78 is 5.41. The zero-order valence-electron chi connectivity index (χ0n) is 14.9. The highest BCUT2D eigenvalue weighted by Crippen LogP contribution is 2.33. The highest BCUT2D eigenvalue weighted by molar-refractivity contribution is 5.89. The number of nitrogens with zero attached hydrogens (tertiary/aromatic N) is 2. The van der Waals surface area contributed by atoms with E-state index in [1.54, 1.807) is 7.11 Å². The van der Waals surface area contributed by atoms with E-state index in [1.807, 2.05) is 53.8 Å². The molecule has 5 heteroatoms. The monoisotopic (exact) mass is 349 g/mol. The standard InChI is InChI=1S/C21H23N3O2/c1-26-14-17-12-24(13-19(17)15-6-8-22-9-7-15)21(25)10-16-11-23-20-5-3-2-4-18(16)20/h2-9,11,17,19,23H,10,12-14H2,1H3/t17-,19-/m0/s1. The second-order valence-electron chi connectivity index (χ2n) is 6.94. The summed E-state index contributed by atoms with van der Waals surface area (Å²) in [6.45, 7) is 2.13. The lowest BCUT2D eigenvalue weighted by molar-refractivity contribution is -0.129. The van der Waals surface area contributed by atoms with Gasteiger partial charge in [0.1, 0.15) is 0 Å². The fraction of sp³-hybridized carbons (Fsp3) is 0.333. The van der Waals surface area contributed by atoms with Gasteiger partial charge in [0.15, 0.2) is 0 Å². The molecule has 2 aromatic heterocycles. The predicted molar refractivity (Wildman–Crippen MR) is 101 cm³/mol. The Kier molecular flexibility index (Phi) is 4.71. The van der Waals surface area contributed by atoms with Crippen molar-refractivity contribution in [3.63, 3.8) is 0 Å². The quantitative estimate of drug-likeness (QED) is 0.770. The van der Waals surface area contributed by atoms with Gasteiger partial charge in [-0.2, -0.15) is 0 Å². The van der Waals surface area contributed by atoms with Crippen LogP contribution in [0.5, 0.6) is 0 Å². The summed E-state index contributed by atoms with van der Waals surface area (Å²) in [6, 6.07) is 12.2. The van der Waals surface area contributed by atoms with Crippen LogP contribution in [0.2, 0.25) is 0 Å². The normalized spacial score (nSPS) is 20.0. The minimum atomic E-state index is 0.174. The lowest BCUT2D eigenvalue weighted by Gasteiger charge is -2.17. The summed E-state index contributed by atoms with van der Waals surface area (Å²) in [5.74, 6) is 0.784. The largest absolute Gasteiger partial charge is 0.384 e. The maximum absolute atomic E-state index is 12.9. The Morgan fingerprint density at radius 2 is 2.04 bits per heavy atom. The van der Waals surface area contributed by atoms with Crippen LogP contribution in [0.4, 0.5) is 0 Å². The molecule has 1 saturated heterocycles. The molecule has 26 heavy (non-hydrogen) atoms. The van der Waals surface area contributed by atoms with Gasteiger partial charge in [-0.15, -0.1) is 0 Å². The number of ether oxygens (including phenoxy) is 1. The summed E-state index contributed by atoms with van der Waals surface area (Å²) >= 11 is 0. The van der Waals surface area contributed by atoms with Crippen molar-refractivity contribution >= 4 is 16.8 Å². The smallest absolute Gasteiger partial charge is 0.227 e. The molecule has 0 bridgehead atoms. The van der Waals surface area contributed by atoms with Gasteiger partial charge in [-0.25, -0.2) is 0 Å². The van der Waals surface area contributed by atoms with Crippen molar-refractivity contribution in [2.24, 2.45) is 5.92 Å². The Balaban J connectivity index is 1.51. The van der Waals surface area contributed by atoms with Crippen LogP contribution in [0, 0.1) is 5.92 Å². The first kappa shape index (κ1) is 16.8. The molecule has 2 atom stereocenters. The van der Waals surface area contributed by atoms with Crippen molar-refractivity contribution in [1.82, 2.24) is 14.9 Å². The first-order chi connectivity index (χ1) is 12.8. The van der Waals surface area contributed by atoms with Crippen LogP contribution < -0.4 is 0 Å². The number of para-hydroxylation sites is 1. The summed E-state index contributed by atoms with van der Waals surface area (Å²) in [6.07, 6.45) is 6.00. The van der Waals surface area contributed by atoms with E-state index >= 15 is 0 Å². The molecule has 0 saturated carbocycles. The van der Waals surface area contributed by atoms with E-state index in [0.29, 0.717) is 24.9 Å². The maximum Gasteiger partial charge on any atom is 0.227 e. The van der Waals surface area contributed by atoms with Crippen LogP contribution in [-0.2, 0) is 16.0 Å². The second-order valence-corrected chi connectivity index (χ2v) is 6.94. The van der Waals surface area contributed by atoms with Gasteiger partial charge in [0.2, 0.25) is 5.91 Å². The third kappa shape index (κ3) is 3.22. The number of hydrogen-bond acceptors (Lipinski definition) is 3. The van der Waals surface area contributed by atoms with E-state index in [9.17, 15) is 4.79 Å². The second kappa shape index (κ2) is 7.30. The van der Waals surface area contributed by atoms with Crippen molar-refractivity contribution < 1.29 is 9.53 Å². The van der Waals surface area contributed by atoms with Gasteiger partial charge in [-0.1, -0.05) is 18.2 Å². The fourth-order valence-corrected chi connectivity index (χ4v) is 4.00. The number of benzene rings is 1. The van der Waals surface area contributed by atoms with Gasteiger partial charge in [0.25, 0.3) is 0 Å². The average Bonchev–Trinajstić information content (AvgIpc) is 3.28. The highest BCUT2D eigenvalue weighted by atomic mass is 16.5. The van der Waals surface area contributed by atoms with E-state index in [4.69, 9.17) is 4.74 Å². The number of pyridine rings is 1.